The molecule has 0 radical (unpaired) electrons. The minimum atomic E-state index is -0.942. The molecular formula is C7H12O4. The lowest BCUT2D eigenvalue weighted by atomic mass is 10.1. The van der Waals surface area contributed by atoms with Crippen LogP contribution in [0.2, 0.25) is 0 Å². The minimum absolute atomic E-state index is 0.436. The molecule has 0 aliphatic heterocycles. The summed E-state index contributed by atoms with van der Waals surface area (Å²) in [4.78, 5) is 10.9. The zero-order valence-electron chi connectivity index (χ0n) is 6.36. The predicted molar refractivity (Wildman–Crippen MR) is 36.8 cm³/mol. The molecule has 0 aromatic rings. The average molecular weight is 160 g/mol. The van der Waals surface area contributed by atoms with Crippen molar-refractivity contribution in [2.24, 2.45) is 5.92 Å². The molecule has 1 rings (SSSR count). The van der Waals surface area contributed by atoms with Crippen LogP contribution < -0.4 is 0 Å². The summed E-state index contributed by atoms with van der Waals surface area (Å²) in [6.07, 6.45) is -0.725. The summed E-state index contributed by atoms with van der Waals surface area (Å²) in [5.41, 5.74) is 0. The van der Waals surface area contributed by atoms with E-state index in [1.54, 1.807) is 0 Å². The van der Waals surface area contributed by atoms with Crippen LogP contribution in [0, 0.1) is 5.92 Å². The molecule has 0 amide bonds. The van der Waals surface area contributed by atoms with Crippen LogP contribution in [0.15, 0.2) is 0 Å². The Bertz CT molecular complexity index is 157. The third kappa shape index (κ3) is 1.52. The van der Waals surface area contributed by atoms with E-state index in [1.807, 2.05) is 0 Å². The van der Waals surface area contributed by atoms with Gasteiger partial charge >= 0.3 is 5.97 Å². The highest BCUT2D eigenvalue weighted by molar-refractivity contribution is 5.73. The fraction of sp³-hybridized carbons (Fsp3) is 0.857. The van der Waals surface area contributed by atoms with Crippen molar-refractivity contribution in [1.29, 1.82) is 0 Å². The van der Waals surface area contributed by atoms with E-state index in [1.165, 1.54) is 7.11 Å². The smallest absolute Gasteiger partial charge is 0.311 e. The molecule has 0 aromatic heterocycles. The standard InChI is InChI=1S/C7H12O4/c1-11-7(10)4-2-3-5(8)6(4)9/h4-6,8-9H,2-3H2,1H3/t4-,5-,6-/m1/s1. The molecule has 0 bridgehead atoms. The molecule has 11 heavy (non-hydrogen) atoms. The first-order valence-corrected chi connectivity index (χ1v) is 3.60. The second-order valence-electron chi connectivity index (χ2n) is 2.76. The van der Waals surface area contributed by atoms with Gasteiger partial charge in [-0.25, -0.2) is 0 Å². The Kier molecular flexibility index (Phi) is 2.46. The van der Waals surface area contributed by atoms with Crippen molar-refractivity contribution in [2.75, 3.05) is 7.11 Å². The summed E-state index contributed by atoms with van der Waals surface area (Å²) in [6.45, 7) is 0. The highest BCUT2D eigenvalue weighted by atomic mass is 16.5. The summed E-state index contributed by atoms with van der Waals surface area (Å²) >= 11 is 0. The largest absolute Gasteiger partial charge is 0.469 e. The van der Waals surface area contributed by atoms with Gasteiger partial charge in [0.05, 0.1) is 25.2 Å². The molecule has 4 heteroatoms. The van der Waals surface area contributed by atoms with Crippen molar-refractivity contribution in [2.45, 2.75) is 25.0 Å². The molecule has 1 aliphatic rings. The molecule has 1 fully saturated rings. The normalized spacial score (nSPS) is 37.2. The lowest BCUT2D eigenvalue weighted by Crippen LogP contribution is -2.30. The van der Waals surface area contributed by atoms with Gasteiger partial charge in [-0.05, 0) is 12.8 Å². The molecule has 0 aromatic carbocycles. The molecule has 1 aliphatic carbocycles. The van der Waals surface area contributed by atoms with Crippen LogP contribution in [0.25, 0.3) is 0 Å². The Hall–Kier alpha value is -0.610. The van der Waals surface area contributed by atoms with Crippen molar-refractivity contribution in [3.63, 3.8) is 0 Å². The topological polar surface area (TPSA) is 66.8 Å². The summed E-state index contributed by atoms with van der Waals surface area (Å²) in [6, 6.07) is 0. The third-order valence-electron chi connectivity index (χ3n) is 2.08. The van der Waals surface area contributed by atoms with Gasteiger partial charge in [0.25, 0.3) is 0 Å². The Morgan fingerprint density at radius 2 is 2.09 bits per heavy atom. The van der Waals surface area contributed by atoms with Crippen LogP contribution in [0.4, 0.5) is 0 Å². The number of aliphatic hydroxyl groups is 2. The van der Waals surface area contributed by atoms with Gasteiger partial charge in [0.15, 0.2) is 0 Å². The maximum atomic E-state index is 10.9. The Morgan fingerprint density at radius 1 is 1.45 bits per heavy atom. The van der Waals surface area contributed by atoms with Gasteiger partial charge in [-0.2, -0.15) is 0 Å². The van der Waals surface area contributed by atoms with Crippen molar-refractivity contribution in [3.05, 3.63) is 0 Å². The number of methoxy groups -OCH3 is 1. The maximum Gasteiger partial charge on any atom is 0.311 e. The zero-order valence-corrected chi connectivity index (χ0v) is 6.36. The number of aliphatic hydroxyl groups excluding tert-OH is 2. The molecule has 0 spiro atoms. The van der Waals surface area contributed by atoms with Gasteiger partial charge in [-0.3, -0.25) is 4.79 Å². The molecule has 64 valence electrons. The van der Waals surface area contributed by atoms with Gasteiger partial charge in [0, 0.05) is 0 Å². The van der Waals surface area contributed by atoms with Crippen molar-refractivity contribution < 1.29 is 19.7 Å². The lowest BCUT2D eigenvalue weighted by molar-refractivity contribution is -0.149. The summed E-state index contributed by atoms with van der Waals surface area (Å²) in [7, 11) is 1.28. The van der Waals surface area contributed by atoms with Gasteiger partial charge in [0.1, 0.15) is 0 Å². The van der Waals surface area contributed by atoms with Crippen LogP contribution in [0.3, 0.4) is 0 Å². The zero-order chi connectivity index (χ0) is 8.43. The molecule has 4 nitrogen and oxygen atoms in total. The van der Waals surface area contributed by atoms with E-state index in [2.05, 4.69) is 4.74 Å². The summed E-state index contributed by atoms with van der Waals surface area (Å²) < 4.78 is 4.44. The van der Waals surface area contributed by atoms with E-state index >= 15 is 0 Å². The second-order valence-corrected chi connectivity index (χ2v) is 2.76. The van der Waals surface area contributed by atoms with E-state index in [0.29, 0.717) is 12.8 Å². The first-order valence-electron chi connectivity index (χ1n) is 3.60. The third-order valence-corrected chi connectivity index (χ3v) is 2.08. The second kappa shape index (κ2) is 3.19. The molecule has 0 unspecified atom stereocenters. The minimum Gasteiger partial charge on any atom is -0.469 e. The van der Waals surface area contributed by atoms with Crippen molar-refractivity contribution in [1.82, 2.24) is 0 Å². The molecule has 0 heterocycles. The summed E-state index contributed by atoms with van der Waals surface area (Å²) in [5, 5.41) is 18.3. The van der Waals surface area contributed by atoms with E-state index in [9.17, 15) is 9.90 Å². The number of hydrogen-bond donors (Lipinski definition) is 2. The van der Waals surface area contributed by atoms with Gasteiger partial charge in [-0.1, -0.05) is 0 Å². The number of hydrogen-bond acceptors (Lipinski definition) is 4. The van der Waals surface area contributed by atoms with Gasteiger partial charge in [-0.15, -0.1) is 0 Å². The molecular weight excluding hydrogens is 148 g/mol. The molecule has 2 N–H and O–H groups in total. The number of carbonyl (C=O) groups is 1. The highest BCUT2D eigenvalue weighted by Crippen LogP contribution is 2.26. The number of rotatable bonds is 1. The highest BCUT2D eigenvalue weighted by Gasteiger charge is 2.38. The fourth-order valence-corrected chi connectivity index (χ4v) is 1.37. The van der Waals surface area contributed by atoms with Gasteiger partial charge < -0.3 is 14.9 Å². The Labute approximate surface area is 64.8 Å². The summed E-state index contributed by atoms with van der Waals surface area (Å²) in [5.74, 6) is -0.968. The lowest BCUT2D eigenvalue weighted by Gasteiger charge is -2.13. The van der Waals surface area contributed by atoms with Crippen LogP contribution >= 0.6 is 0 Å². The van der Waals surface area contributed by atoms with Crippen LogP contribution in [-0.2, 0) is 9.53 Å². The molecule has 1 saturated carbocycles. The van der Waals surface area contributed by atoms with Crippen LogP contribution in [0.1, 0.15) is 12.8 Å². The Morgan fingerprint density at radius 3 is 2.45 bits per heavy atom. The number of ether oxygens (including phenoxy) is 1. The number of esters is 1. The van der Waals surface area contributed by atoms with Crippen molar-refractivity contribution >= 4 is 5.97 Å². The van der Waals surface area contributed by atoms with Gasteiger partial charge in [0.2, 0.25) is 0 Å². The quantitative estimate of drug-likeness (QED) is 0.497. The van der Waals surface area contributed by atoms with E-state index < -0.39 is 24.1 Å². The van der Waals surface area contributed by atoms with E-state index in [0.717, 1.165) is 0 Å². The van der Waals surface area contributed by atoms with E-state index in [-0.39, 0.29) is 0 Å². The first-order chi connectivity index (χ1) is 5.16. The predicted octanol–water partition coefficient (Wildman–Crippen LogP) is -0.709. The van der Waals surface area contributed by atoms with E-state index in [4.69, 9.17) is 5.11 Å². The monoisotopic (exact) mass is 160 g/mol. The molecule has 0 saturated heterocycles. The van der Waals surface area contributed by atoms with Crippen LogP contribution in [0.5, 0.6) is 0 Å². The average Bonchev–Trinajstić information content (AvgIpc) is 2.32. The SMILES string of the molecule is COC(=O)[C@@H]1CC[C@@H](O)[C@@H]1O. The van der Waals surface area contributed by atoms with Crippen molar-refractivity contribution in [3.8, 4) is 0 Å². The van der Waals surface area contributed by atoms with Crippen LogP contribution in [-0.4, -0.2) is 35.5 Å². The number of carbonyl (C=O) groups excluding carboxylic acids is 1. The first kappa shape index (κ1) is 8.49. The molecule has 3 atom stereocenters. The maximum absolute atomic E-state index is 10.9. The Balaban J connectivity index is 2.54. The fourth-order valence-electron chi connectivity index (χ4n) is 1.37.